The zero-order chi connectivity index (χ0) is 12.1. The van der Waals surface area contributed by atoms with Crippen molar-refractivity contribution in [3.05, 3.63) is 29.3 Å². The normalized spacial score (nSPS) is 12.6. The van der Waals surface area contributed by atoms with Crippen LogP contribution in [0.5, 0.6) is 0 Å². The molecule has 1 aromatic carbocycles. The van der Waals surface area contributed by atoms with Crippen molar-refractivity contribution in [2.75, 3.05) is 5.32 Å². The Morgan fingerprint density at radius 2 is 2.19 bits per heavy atom. The van der Waals surface area contributed by atoms with Gasteiger partial charge < -0.3 is 11.1 Å². The van der Waals surface area contributed by atoms with Gasteiger partial charge in [-0.2, -0.15) is 0 Å². The first-order valence-corrected chi connectivity index (χ1v) is 5.69. The SMILES string of the molecule is CC(C)C[C@H](N)C(=O)Nc1cccc(Cl)c1. The standard InChI is InChI=1S/C12H17ClN2O/c1-8(2)6-11(14)12(16)15-10-5-3-4-9(13)7-10/h3-5,7-8,11H,6,14H2,1-2H3,(H,15,16)/t11-/m0/s1. The Labute approximate surface area is 101 Å². The van der Waals surface area contributed by atoms with Crippen LogP contribution in [0.2, 0.25) is 5.02 Å². The van der Waals surface area contributed by atoms with E-state index in [1.165, 1.54) is 0 Å². The molecular weight excluding hydrogens is 224 g/mol. The molecule has 0 saturated heterocycles. The Morgan fingerprint density at radius 3 is 2.75 bits per heavy atom. The number of nitrogens with two attached hydrogens (primary N) is 1. The number of nitrogens with one attached hydrogen (secondary N) is 1. The van der Waals surface area contributed by atoms with Crippen molar-refractivity contribution < 1.29 is 4.79 Å². The summed E-state index contributed by atoms with van der Waals surface area (Å²) in [7, 11) is 0. The van der Waals surface area contributed by atoms with Gasteiger partial charge in [0.05, 0.1) is 6.04 Å². The Kier molecular flexibility index (Phi) is 4.77. The highest BCUT2D eigenvalue weighted by molar-refractivity contribution is 6.30. The van der Waals surface area contributed by atoms with E-state index in [-0.39, 0.29) is 5.91 Å². The number of rotatable bonds is 4. The van der Waals surface area contributed by atoms with Crippen molar-refractivity contribution in [2.45, 2.75) is 26.3 Å². The van der Waals surface area contributed by atoms with E-state index in [1.54, 1.807) is 24.3 Å². The number of benzene rings is 1. The van der Waals surface area contributed by atoms with Crippen LogP contribution in [-0.2, 0) is 4.79 Å². The summed E-state index contributed by atoms with van der Waals surface area (Å²) in [6.07, 6.45) is 0.673. The minimum Gasteiger partial charge on any atom is -0.325 e. The quantitative estimate of drug-likeness (QED) is 0.850. The molecule has 0 radical (unpaired) electrons. The first kappa shape index (κ1) is 13.0. The second-order valence-corrected chi connectivity index (χ2v) is 4.67. The summed E-state index contributed by atoms with van der Waals surface area (Å²) in [5.74, 6) is 0.232. The maximum absolute atomic E-state index is 11.7. The zero-order valence-electron chi connectivity index (χ0n) is 9.53. The summed E-state index contributed by atoms with van der Waals surface area (Å²) in [6, 6.07) is 6.55. The highest BCUT2D eigenvalue weighted by Gasteiger charge is 2.14. The molecule has 0 heterocycles. The molecule has 0 aliphatic heterocycles. The summed E-state index contributed by atoms with van der Waals surface area (Å²) in [5, 5.41) is 3.33. The average molecular weight is 241 g/mol. The van der Waals surface area contributed by atoms with Gasteiger partial charge in [-0.05, 0) is 30.5 Å². The fraction of sp³-hybridized carbons (Fsp3) is 0.417. The van der Waals surface area contributed by atoms with Crippen molar-refractivity contribution in [3.63, 3.8) is 0 Å². The molecule has 16 heavy (non-hydrogen) atoms. The number of hydrogen-bond donors (Lipinski definition) is 2. The first-order chi connectivity index (χ1) is 7.49. The number of anilines is 1. The van der Waals surface area contributed by atoms with Crippen molar-refractivity contribution >= 4 is 23.2 Å². The first-order valence-electron chi connectivity index (χ1n) is 5.31. The van der Waals surface area contributed by atoms with E-state index < -0.39 is 6.04 Å². The Morgan fingerprint density at radius 1 is 1.50 bits per heavy atom. The molecule has 4 heteroatoms. The van der Waals surface area contributed by atoms with Crippen molar-refractivity contribution in [1.82, 2.24) is 0 Å². The van der Waals surface area contributed by atoms with Gasteiger partial charge >= 0.3 is 0 Å². The average Bonchev–Trinajstić information content (AvgIpc) is 2.16. The van der Waals surface area contributed by atoms with Gasteiger partial charge in [0.2, 0.25) is 5.91 Å². The van der Waals surface area contributed by atoms with Gasteiger partial charge in [-0.3, -0.25) is 4.79 Å². The van der Waals surface area contributed by atoms with Gasteiger partial charge in [-0.25, -0.2) is 0 Å². The second-order valence-electron chi connectivity index (χ2n) is 4.24. The zero-order valence-corrected chi connectivity index (χ0v) is 10.3. The van der Waals surface area contributed by atoms with Crippen LogP contribution in [-0.4, -0.2) is 11.9 Å². The van der Waals surface area contributed by atoms with Gasteiger partial charge in [0.25, 0.3) is 0 Å². The van der Waals surface area contributed by atoms with Gasteiger partial charge in [0, 0.05) is 10.7 Å². The molecule has 3 N–H and O–H groups in total. The predicted molar refractivity (Wildman–Crippen MR) is 67.5 cm³/mol. The molecule has 3 nitrogen and oxygen atoms in total. The van der Waals surface area contributed by atoms with E-state index >= 15 is 0 Å². The summed E-state index contributed by atoms with van der Waals surface area (Å²) < 4.78 is 0. The molecule has 1 rings (SSSR count). The topological polar surface area (TPSA) is 55.1 Å². The van der Waals surface area contributed by atoms with E-state index in [0.29, 0.717) is 23.0 Å². The second kappa shape index (κ2) is 5.87. The summed E-state index contributed by atoms with van der Waals surface area (Å²) >= 11 is 5.81. The Hall–Kier alpha value is -1.06. The monoisotopic (exact) mass is 240 g/mol. The lowest BCUT2D eigenvalue weighted by atomic mass is 10.0. The van der Waals surface area contributed by atoms with Crippen LogP contribution >= 0.6 is 11.6 Å². The molecule has 88 valence electrons. The molecule has 0 bridgehead atoms. The molecule has 0 fully saturated rings. The number of hydrogen-bond acceptors (Lipinski definition) is 2. The number of amides is 1. The third-order valence-electron chi connectivity index (χ3n) is 2.15. The van der Waals surface area contributed by atoms with Crippen molar-refractivity contribution in [2.24, 2.45) is 11.7 Å². The Balaban J connectivity index is 2.57. The number of carbonyl (C=O) groups excluding carboxylic acids is 1. The molecule has 0 aromatic heterocycles. The lowest BCUT2D eigenvalue weighted by Crippen LogP contribution is -2.36. The number of carbonyl (C=O) groups is 1. The van der Waals surface area contributed by atoms with Gasteiger partial charge in [-0.1, -0.05) is 31.5 Å². The third-order valence-corrected chi connectivity index (χ3v) is 2.39. The molecule has 0 aliphatic rings. The van der Waals surface area contributed by atoms with E-state index in [2.05, 4.69) is 5.32 Å². The lowest BCUT2D eigenvalue weighted by molar-refractivity contribution is -0.117. The van der Waals surface area contributed by atoms with Crippen molar-refractivity contribution in [1.29, 1.82) is 0 Å². The maximum atomic E-state index is 11.7. The van der Waals surface area contributed by atoms with Crippen LogP contribution in [0.4, 0.5) is 5.69 Å². The minimum atomic E-state index is -0.473. The minimum absolute atomic E-state index is 0.170. The molecule has 1 atom stereocenters. The van der Waals surface area contributed by atoms with Gasteiger partial charge in [0.1, 0.15) is 0 Å². The largest absolute Gasteiger partial charge is 0.325 e. The molecule has 0 spiro atoms. The van der Waals surface area contributed by atoms with Crippen LogP contribution in [0.15, 0.2) is 24.3 Å². The van der Waals surface area contributed by atoms with Crippen LogP contribution in [0, 0.1) is 5.92 Å². The van der Waals surface area contributed by atoms with E-state index in [4.69, 9.17) is 17.3 Å². The molecule has 0 saturated carbocycles. The fourth-order valence-electron chi connectivity index (χ4n) is 1.42. The van der Waals surface area contributed by atoms with E-state index in [0.717, 1.165) is 0 Å². The maximum Gasteiger partial charge on any atom is 0.241 e. The third kappa shape index (κ3) is 4.21. The van der Waals surface area contributed by atoms with Crippen LogP contribution in [0.25, 0.3) is 0 Å². The molecular formula is C12H17ClN2O. The van der Waals surface area contributed by atoms with Crippen molar-refractivity contribution in [3.8, 4) is 0 Å². The highest BCUT2D eigenvalue weighted by Crippen LogP contribution is 2.15. The molecule has 1 amide bonds. The molecule has 1 aromatic rings. The van der Waals surface area contributed by atoms with Gasteiger partial charge in [-0.15, -0.1) is 0 Å². The molecule has 0 aliphatic carbocycles. The van der Waals surface area contributed by atoms with E-state index in [1.807, 2.05) is 13.8 Å². The summed E-state index contributed by atoms with van der Waals surface area (Å²) in [5.41, 5.74) is 6.44. The Bertz CT molecular complexity index is 366. The van der Waals surface area contributed by atoms with Gasteiger partial charge in [0.15, 0.2) is 0 Å². The van der Waals surface area contributed by atoms with Crippen LogP contribution < -0.4 is 11.1 Å². The smallest absolute Gasteiger partial charge is 0.241 e. The van der Waals surface area contributed by atoms with Crippen LogP contribution in [0.3, 0.4) is 0 Å². The highest BCUT2D eigenvalue weighted by atomic mass is 35.5. The predicted octanol–water partition coefficient (Wildman–Crippen LogP) is 2.65. The fourth-order valence-corrected chi connectivity index (χ4v) is 1.61. The van der Waals surface area contributed by atoms with Crippen LogP contribution in [0.1, 0.15) is 20.3 Å². The summed E-state index contributed by atoms with van der Waals surface area (Å²) in [4.78, 5) is 11.7. The lowest BCUT2D eigenvalue weighted by Gasteiger charge is -2.14. The number of halogens is 1. The summed E-state index contributed by atoms with van der Waals surface area (Å²) in [6.45, 7) is 4.07. The molecule has 0 unspecified atom stereocenters. The van der Waals surface area contributed by atoms with E-state index in [9.17, 15) is 4.79 Å².